The summed E-state index contributed by atoms with van der Waals surface area (Å²) in [6.07, 6.45) is 1.79. The third kappa shape index (κ3) is 4.01. The maximum Gasteiger partial charge on any atom is 0.228 e. The Bertz CT molecular complexity index is 1150. The Hall–Kier alpha value is -3.94. The molecule has 0 atom stereocenters. The molecule has 0 unspecified atom stereocenters. The molecular weight excluding hydrogens is 370 g/mol. The van der Waals surface area contributed by atoms with E-state index in [2.05, 4.69) is 20.6 Å². The van der Waals surface area contributed by atoms with Crippen LogP contribution in [0.3, 0.4) is 0 Å². The first-order valence-corrected chi connectivity index (χ1v) is 8.94. The summed E-state index contributed by atoms with van der Waals surface area (Å²) in [5.74, 6) is 1.11. The number of nitrogens with one attached hydrogen (secondary N) is 1. The fourth-order valence-corrected chi connectivity index (χ4v) is 2.99. The van der Waals surface area contributed by atoms with Crippen molar-refractivity contribution in [3.63, 3.8) is 0 Å². The first kappa shape index (κ1) is 18.4. The minimum absolute atomic E-state index is 0.117. The van der Waals surface area contributed by atoms with Gasteiger partial charge in [0.2, 0.25) is 5.91 Å². The number of fused-ring (bicyclic) bond motifs is 1. The molecule has 8 heteroatoms. The van der Waals surface area contributed by atoms with E-state index in [0.29, 0.717) is 22.8 Å². The highest BCUT2D eigenvalue weighted by Gasteiger charge is 2.09. The molecule has 0 aliphatic rings. The number of aromatic nitrogens is 4. The molecule has 0 aliphatic heterocycles. The summed E-state index contributed by atoms with van der Waals surface area (Å²) in [5, 5.41) is 15.1. The van der Waals surface area contributed by atoms with Gasteiger partial charge in [0, 0.05) is 11.3 Å². The van der Waals surface area contributed by atoms with E-state index in [1.807, 2.05) is 42.5 Å². The van der Waals surface area contributed by atoms with Crippen molar-refractivity contribution in [1.82, 2.24) is 19.8 Å². The third-order valence-electron chi connectivity index (χ3n) is 4.44. The molecule has 2 aromatic heterocycles. The van der Waals surface area contributed by atoms with Crippen LogP contribution in [0.25, 0.3) is 16.9 Å². The van der Waals surface area contributed by atoms with Gasteiger partial charge in [0.25, 0.3) is 0 Å². The molecule has 0 saturated carbocycles. The van der Waals surface area contributed by atoms with Crippen LogP contribution in [-0.2, 0) is 11.2 Å². The highest BCUT2D eigenvalue weighted by Crippen LogP contribution is 2.28. The fraction of sp³-hybridized carbons (Fsp3) is 0.143. The van der Waals surface area contributed by atoms with Crippen molar-refractivity contribution in [2.45, 2.75) is 6.42 Å². The number of hydrogen-bond acceptors (Lipinski definition) is 6. The maximum absolute atomic E-state index is 12.4. The van der Waals surface area contributed by atoms with Crippen LogP contribution in [0.2, 0.25) is 0 Å². The van der Waals surface area contributed by atoms with Gasteiger partial charge in [-0.2, -0.15) is 9.61 Å². The summed E-state index contributed by atoms with van der Waals surface area (Å²) in [5.41, 5.74) is 3.96. The van der Waals surface area contributed by atoms with Gasteiger partial charge < -0.3 is 14.8 Å². The zero-order chi connectivity index (χ0) is 20.2. The highest BCUT2D eigenvalue weighted by molar-refractivity contribution is 5.92. The standard InChI is InChI=1S/C21H19N5O3/c1-28-18-9-3-14(11-19(18)29-2)12-21(27)23-16-6-4-15(5-7-16)17-8-10-20-24-22-13-26(20)25-17/h3-11,13H,12H2,1-2H3,(H,23,27). The van der Waals surface area contributed by atoms with Gasteiger partial charge in [-0.15, -0.1) is 10.2 Å². The lowest BCUT2D eigenvalue weighted by molar-refractivity contribution is -0.115. The van der Waals surface area contributed by atoms with Crippen molar-refractivity contribution in [3.8, 4) is 22.8 Å². The van der Waals surface area contributed by atoms with Crippen LogP contribution < -0.4 is 14.8 Å². The average molecular weight is 389 g/mol. The molecule has 4 aromatic rings. The van der Waals surface area contributed by atoms with Crippen LogP contribution >= 0.6 is 0 Å². The van der Waals surface area contributed by atoms with Gasteiger partial charge >= 0.3 is 0 Å². The molecule has 1 amide bonds. The van der Waals surface area contributed by atoms with E-state index in [1.165, 1.54) is 0 Å². The smallest absolute Gasteiger partial charge is 0.228 e. The van der Waals surface area contributed by atoms with Crippen LogP contribution in [0, 0.1) is 0 Å². The van der Waals surface area contributed by atoms with Crippen molar-refractivity contribution in [3.05, 3.63) is 66.5 Å². The number of methoxy groups -OCH3 is 2. The van der Waals surface area contributed by atoms with Crippen LogP contribution in [0.15, 0.2) is 60.9 Å². The van der Waals surface area contributed by atoms with Crippen molar-refractivity contribution in [2.24, 2.45) is 0 Å². The van der Waals surface area contributed by atoms with Gasteiger partial charge in [0.05, 0.1) is 26.3 Å². The van der Waals surface area contributed by atoms with Gasteiger partial charge in [-0.25, -0.2) is 0 Å². The molecule has 0 spiro atoms. The second kappa shape index (κ2) is 7.97. The monoisotopic (exact) mass is 389 g/mol. The predicted octanol–water partition coefficient (Wildman–Crippen LogP) is 2.99. The molecule has 29 heavy (non-hydrogen) atoms. The van der Waals surface area contributed by atoms with Gasteiger partial charge in [-0.3, -0.25) is 4.79 Å². The normalized spacial score (nSPS) is 10.7. The number of benzene rings is 2. The van der Waals surface area contributed by atoms with E-state index in [4.69, 9.17) is 9.47 Å². The lowest BCUT2D eigenvalue weighted by atomic mass is 10.1. The van der Waals surface area contributed by atoms with E-state index >= 15 is 0 Å². The van der Waals surface area contributed by atoms with Gasteiger partial charge in [-0.05, 0) is 42.0 Å². The number of ether oxygens (including phenoxy) is 2. The predicted molar refractivity (Wildman–Crippen MR) is 108 cm³/mol. The number of amides is 1. The summed E-state index contributed by atoms with van der Waals surface area (Å²) in [6, 6.07) is 16.7. The summed E-state index contributed by atoms with van der Waals surface area (Å²) < 4.78 is 12.1. The summed E-state index contributed by atoms with van der Waals surface area (Å²) in [6.45, 7) is 0. The number of nitrogens with zero attached hydrogens (tertiary/aromatic N) is 4. The molecule has 0 radical (unpaired) electrons. The van der Waals surface area contributed by atoms with E-state index in [0.717, 1.165) is 16.8 Å². The van der Waals surface area contributed by atoms with Gasteiger partial charge in [0.15, 0.2) is 17.1 Å². The quantitative estimate of drug-likeness (QED) is 0.545. The minimum atomic E-state index is -0.117. The zero-order valence-corrected chi connectivity index (χ0v) is 16.0. The molecule has 0 bridgehead atoms. The Kier molecular flexibility index (Phi) is 5.07. The van der Waals surface area contributed by atoms with E-state index in [9.17, 15) is 4.79 Å². The number of carbonyl (C=O) groups is 1. The second-order valence-electron chi connectivity index (χ2n) is 6.34. The van der Waals surface area contributed by atoms with E-state index < -0.39 is 0 Å². The molecule has 0 fully saturated rings. The fourth-order valence-electron chi connectivity index (χ4n) is 2.99. The SMILES string of the molecule is COc1ccc(CC(=O)Nc2ccc(-c3ccc4nncn4n3)cc2)cc1OC. The molecule has 2 heterocycles. The lowest BCUT2D eigenvalue weighted by Crippen LogP contribution is -2.14. The van der Waals surface area contributed by atoms with Crippen LogP contribution in [0.4, 0.5) is 5.69 Å². The van der Waals surface area contributed by atoms with Gasteiger partial charge in [-0.1, -0.05) is 18.2 Å². The summed E-state index contributed by atoms with van der Waals surface area (Å²) in [7, 11) is 3.15. The number of hydrogen-bond donors (Lipinski definition) is 1. The van der Waals surface area contributed by atoms with Crippen molar-refractivity contribution >= 4 is 17.2 Å². The maximum atomic E-state index is 12.4. The minimum Gasteiger partial charge on any atom is -0.493 e. The molecule has 2 aromatic carbocycles. The first-order valence-electron chi connectivity index (χ1n) is 8.94. The zero-order valence-electron chi connectivity index (χ0n) is 16.0. The molecular formula is C21H19N5O3. The van der Waals surface area contributed by atoms with E-state index in [-0.39, 0.29) is 12.3 Å². The largest absolute Gasteiger partial charge is 0.493 e. The Morgan fingerprint density at radius 1 is 1.00 bits per heavy atom. The number of carbonyl (C=O) groups excluding carboxylic acids is 1. The van der Waals surface area contributed by atoms with Gasteiger partial charge in [0.1, 0.15) is 6.33 Å². The first-order chi connectivity index (χ1) is 14.2. The summed E-state index contributed by atoms with van der Waals surface area (Å²) >= 11 is 0. The Morgan fingerprint density at radius 3 is 2.55 bits per heavy atom. The average Bonchev–Trinajstić information content (AvgIpc) is 3.22. The number of anilines is 1. The molecule has 1 N–H and O–H groups in total. The Labute approximate surface area is 167 Å². The van der Waals surface area contributed by atoms with Crippen molar-refractivity contribution < 1.29 is 14.3 Å². The topological polar surface area (TPSA) is 90.6 Å². The lowest BCUT2D eigenvalue weighted by Gasteiger charge is -2.10. The molecule has 0 aliphatic carbocycles. The van der Waals surface area contributed by atoms with Crippen LogP contribution in [0.1, 0.15) is 5.56 Å². The molecule has 146 valence electrons. The molecule has 0 saturated heterocycles. The van der Waals surface area contributed by atoms with E-state index in [1.54, 1.807) is 37.2 Å². The summed E-state index contributed by atoms with van der Waals surface area (Å²) in [4.78, 5) is 12.4. The van der Waals surface area contributed by atoms with Crippen LogP contribution in [-0.4, -0.2) is 39.9 Å². The third-order valence-corrected chi connectivity index (χ3v) is 4.44. The highest BCUT2D eigenvalue weighted by atomic mass is 16.5. The molecule has 4 rings (SSSR count). The second-order valence-corrected chi connectivity index (χ2v) is 6.34. The number of rotatable bonds is 6. The van der Waals surface area contributed by atoms with Crippen molar-refractivity contribution in [2.75, 3.05) is 19.5 Å². The Morgan fingerprint density at radius 2 is 1.79 bits per heavy atom. The molecule has 8 nitrogen and oxygen atoms in total. The Balaban J connectivity index is 1.43. The van der Waals surface area contributed by atoms with Crippen LogP contribution in [0.5, 0.6) is 11.5 Å². The van der Waals surface area contributed by atoms with Crippen molar-refractivity contribution in [1.29, 1.82) is 0 Å².